The minimum absolute atomic E-state index is 0.117. The maximum atomic E-state index is 14.3. The van der Waals surface area contributed by atoms with Crippen LogP contribution in [0.5, 0.6) is 0 Å². The van der Waals surface area contributed by atoms with Crippen molar-refractivity contribution < 1.29 is 9.18 Å². The van der Waals surface area contributed by atoms with Gasteiger partial charge in [-0.15, -0.1) is 0 Å². The second-order valence-electron chi connectivity index (χ2n) is 6.68. The number of benzene rings is 2. The topological polar surface area (TPSA) is 71.3 Å². The molecule has 1 aliphatic heterocycles. The molecule has 6 nitrogen and oxygen atoms in total. The summed E-state index contributed by atoms with van der Waals surface area (Å²) in [6.45, 7) is 0.570. The van der Waals surface area contributed by atoms with Crippen LogP contribution in [0.3, 0.4) is 0 Å². The summed E-state index contributed by atoms with van der Waals surface area (Å²) in [6, 6.07) is 14.0. The average Bonchev–Trinajstić information content (AvgIpc) is 3.13. The molecule has 148 valence electrons. The average molecular weight is 456 g/mol. The second-order valence-corrected chi connectivity index (χ2v) is 7.53. The Balaban J connectivity index is 1.55. The number of carbonyl (C=O) groups excluding carboxylic acids is 1. The molecule has 0 saturated carbocycles. The van der Waals surface area contributed by atoms with E-state index in [4.69, 9.17) is 0 Å². The molecule has 1 aromatic heterocycles. The third kappa shape index (κ3) is 3.99. The van der Waals surface area contributed by atoms with E-state index >= 15 is 0 Å². The van der Waals surface area contributed by atoms with Gasteiger partial charge in [-0.1, -0.05) is 30.3 Å². The predicted octanol–water partition coefficient (Wildman–Crippen LogP) is 3.96. The zero-order valence-corrected chi connectivity index (χ0v) is 17.3. The van der Waals surface area contributed by atoms with E-state index in [9.17, 15) is 9.18 Å². The maximum absolute atomic E-state index is 14.3. The molecule has 4 rings (SSSR count). The van der Waals surface area contributed by atoms with Crippen LogP contribution >= 0.6 is 15.9 Å². The van der Waals surface area contributed by atoms with Gasteiger partial charge in [0.05, 0.1) is 16.4 Å². The summed E-state index contributed by atoms with van der Waals surface area (Å²) < 4.78 is 16.9. The minimum atomic E-state index is -0.293. The van der Waals surface area contributed by atoms with Gasteiger partial charge in [0, 0.05) is 31.1 Å². The van der Waals surface area contributed by atoms with Crippen LogP contribution in [-0.4, -0.2) is 28.4 Å². The highest BCUT2D eigenvalue weighted by Gasteiger charge is 2.26. The van der Waals surface area contributed by atoms with Crippen LogP contribution in [0.4, 0.5) is 10.2 Å². The highest BCUT2D eigenvalue weighted by molar-refractivity contribution is 9.10. The van der Waals surface area contributed by atoms with Crippen LogP contribution in [0.25, 0.3) is 0 Å². The molecule has 1 atom stereocenters. The molecule has 2 N–H and O–H groups in total. The molecule has 0 saturated heterocycles. The summed E-state index contributed by atoms with van der Waals surface area (Å²) in [5.74, 6) is 0.245. The predicted molar refractivity (Wildman–Crippen MR) is 113 cm³/mol. The number of hydrogen-bond acceptors (Lipinski definition) is 4. The maximum Gasteiger partial charge on any atom is 0.251 e. The summed E-state index contributed by atoms with van der Waals surface area (Å²) in [5, 5.41) is 10.5. The smallest absolute Gasteiger partial charge is 0.251 e. The first-order valence-corrected chi connectivity index (χ1v) is 9.96. The lowest BCUT2D eigenvalue weighted by Gasteiger charge is -2.25. The van der Waals surface area contributed by atoms with Crippen molar-refractivity contribution in [1.82, 2.24) is 20.4 Å². The van der Waals surface area contributed by atoms with Gasteiger partial charge in [0.15, 0.2) is 5.82 Å². The molecular weight excluding hydrogens is 437 g/mol. The number of hydrogen-bond donors (Lipinski definition) is 2. The Hall–Kier alpha value is -2.84. The monoisotopic (exact) mass is 455 g/mol. The first-order valence-electron chi connectivity index (χ1n) is 9.16. The van der Waals surface area contributed by atoms with E-state index in [1.54, 1.807) is 48.3 Å². The summed E-state index contributed by atoms with van der Waals surface area (Å²) in [4.78, 5) is 16.3. The molecule has 0 radical (unpaired) electrons. The van der Waals surface area contributed by atoms with Gasteiger partial charge in [-0.05, 0) is 39.7 Å². The number of nitrogens with zero attached hydrogens (tertiary/aromatic N) is 3. The van der Waals surface area contributed by atoms with Gasteiger partial charge < -0.3 is 5.32 Å². The van der Waals surface area contributed by atoms with Crippen molar-refractivity contribution in [2.24, 2.45) is 4.99 Å². The van der Waals surface area contributed by atoms with Gasteiger partial charge in [-0.3, -0.25) is 10.1 Å². The van der Waals surface area contributed by atoms with Gasteiger partial charge in [0.1, 0.15) is 12.0 Å². The van der Waals surface area contributed by atoms with Crippen molar-refractivity contribution in [2.75, 3.05) is 7.05 Å². The number of nitrogens with one attached hydrogen (secondary N) is 2. The van der Waals surface area contributed by atoms with Crippen molar-refractivity contribution in [3.63, 3.8) is 0 Å². The van der Waals surface area contributed by atoms with E-state index in [1.807, 2.05) is 12.1 Å². The third-order valence-corrected chi connectivity index (χ3v) is 5.38. The van der Waals surface area contributed by atoms with Crippen molar-refractivity contribution in [3.8, 4) is 0 Å². The summed E-state index contributed by atoms with van der Waals surface area (Å²) in [7, 11) is 1.61. The van der Waals surface area contributed by atoms with E-state index in [1.165, 1.54) is 6.07 Å². The Labute approximate surface area is 176 Å². The van der Waals surface area contributed by atoms with Gasteiger partial charge >= 0.3 is 0 Å². The van der Waals surface area contributed by atoms with Crippen LogP contribution < -0.4 is 10.6 Å². The molecule has 0 fully saturated rings. The van der Waals surface area contributed by atoms with E-state index in [0.717, 1.165) is 10.0 Å². The number of rotatable bonds is 5. The third-order valence-electron chi connectivity index (χ3n) is 4.82. The SMILES string of the molecule is CNC(=O)c1ccc(CNC2CC(c3ccccc3F)=Nc3c(Br)cnn32)cc1. The number of halogens is 2. The standard InChI is InChI=1S/C21H19BrFN5O/c1-24-21(29)14-8-6-13(7-9-14)11-25-19-10-18(15-4-2-3-5-17(15)23)27-20-16(22)12-26-28(19)20/h2-9,12,19,25H,10-11H2,1H3,(H,24,29). The molecule has 0 aliphatic carbocycles. The summed E-state index contributed by atoms with van der Waals surface area (Å²) in [6.07, 6.45) is 2.01. The molecule has 1 amide bonds. The highest BCUT2D eigenvalue weighted by atomic mass is 79.9. The molecule has 0 spiro atoms. The molecule has 8 heteroatoms. The zero-order valence-electron chi connectivity index (χ0n) is 15.7. The number of fused-ring (bicyclic) bond motifs is 1. The lowest BCUT2D eigenvalue weighted by atomic mass is 10.0. The Kier molecular flexibility index (Phi) is 5.55. The van der Waals surface area contributed by atoms with Crippen LogP contribution in [0.15, 0.2) is 64.2 Å². The molecule has 1 aliphatic rings. The summed E-state index contributed by atoms with van der Waals surface area (Å²) in [5.41, 5.74) is 2.81. The molecular formula is C21H19BrFN5O. The fourth-order valence-electron chi connectivity index (χ4n) is 3.29. The van der Waals surface area contributed by atoms with Crippen LogP contribution in [0.2, 0.25) is 0 Å². The molecule has 0 bridgehead atoms. The fourth-order valence-corrected chi connectivity index (χ4v) is 3.65. The Morgan fingerprint density at radius 1 is 1.24 bits per heavy atom. The van der Waals surface area contributed by atoms with Crippen molar-refractivity contribution in [1.29, 1.82) is 0 Å². The fraction of sp³-hybridized carbons (Fsp3) is 0.190. The largest absolute Gasteiger partial charge is 0.355 e. The lowest BCUT2D eigenvalue weighted by Crippen LogP contribution is -2.32. The first-order chi connectivity index (χ1) is 14.1. The lowest BCUT2D eigenvalue weighted by molar-refractivity contribution is 0.0963. The number of aromatic nitrogens is 2. The Morgan fingerprint density at radius 2 is 2.00 bits per heavy atom. The molecule has 2 aromatic carbocycles. The zero-order chi connectivity index (χ0) is 20.4. The molecule has 3 aromatic rings. The summed E-state index contributed by atoms with van der Waals surface area (Å²) >= 11 is 3.47. The van der Waals surface area contributed by atoms with Crippen molar-refractivity contribution in [3.05, 3.63) is 81.7 Å². The van der Waals surface area contributed by atoms with E-state index in [2.05, 4.69) is 36.7 Å². The Bertz CT molecular complexity index is 1080. The Morgan fingerprint density at radius 3 is 2.72 bits per heavy atom. The van der Waals surface area contributed by atoms with Crippen LogP contribution in [0, 0.1) is 5.82 Å². The van der Waals surface area contributed by atoms with Crippen LogP contribution in [-0.2, 0) is 6.54 Å². The van der Waals surface area contributed by atoms with Crippen molar-refractivity contribution in [2.45, 2.75) is 19.1 Å². The number of carbonyl (C=O) groups is 1. The van der Waals surface area contributed by atoms with Gasteiger partial charge in [0.2, 0.25) is 0 Å². The van der Waals surface area contributed by atoms with Gasteiger partial charge in [-0.25, -0.2) is 14.1 Å². The normalized spacial score (nSPS) is 15.6. The molecule has 29 heavy (non-hydrogen) atoms. The number of aliphatic imine (C=N–C) groups is 1. The van der Waals surface area contributed by atoms with Gasteiger partial charge in [-0.2, -0.15) is 5.10 Å². The first kappa shape index (κ1) is 19.5. The highest BCUT2D eigenvalue weighted by Crippen LogP contribution is 2.34. The van der Waals surface area contributed by atoms with Gasteiger partial charge in [0.25, 0.3) is 5.91 Å². The van der Waals surface area contributed by atoms with Crippen molar-refractivity contribution >= 4 is 33.4 Å². The van der Waals surface area contributed by atoms with E-state index in [-0.39, 0.29) is 17.9 Å². The number of amides is 1. The quantitative estimate of drug-likeness (QED) is 0.611. The molecule has 1 unspecified atom stereocenters. The minimum Gasteiger partial charge on any atom is -0.355 e. The van der Waals surface area contributed by atoms with E-state index < -0.39 is 0 Å². The van der Waals surface area contributed by atoms with Crippen LogP contribution in [0.1, 0.15) is 34.1 Å². The second kappa shape index (κ2) is 8.26. The van der Waals surface area contributed by atoms with E-state index in [0.29, 0.717) is 35.6 Å². The molecule has 2 heterocycles.